The van der Waals surface area contributed by atoms with E-state index >= 15 is 0 Å². The molecule has 0 unspecified atom stereocenters. The van der Waals surface area contributed by atoms with Crippen LogP contribution < -0.4 is 19.5 Å². The molecule has 1 heterocycles. The fraction of sp³-hybridized carbons (Fsp3) is 0.381. The molecule has 2 atom stereocenters. The van der Waals surface area contributed by atoms with Gasteiger partial charge in [0.15, 0.2) is 11.5 Å². The van der Waals surface area contributed by atoms with Gasteiger partial charge in [-0.2, -0.15) is 8.78 Å². The van der Waals surface area contributed by atoms with Crippen molar-refractivity contribution in [2.45, 2.75) is 39.1 Å². The minimum atomic E-state index is -3.03. The number of ether oxygens (including phenoxy) is 3. The molecule has 1 aliphatic rings. The second-order valence-electron chi connectivity index (χ2n) is 6.70. The number of benzene rings is 2. The number of amides is 1. The number of hydrogen-bond donors (Lipinski definition) is 1. The average molecular weight is 406 g/mol. The quantitative estimate of drug-likeness (QED) is 0.724. The summed E-state index contributed by atoms with van der Waals surface area (Å²) in [7, 11) is 2.72. The molecule has 29 heavy (non-hydrogen) atoms. The molecule has 0 saturated heterocycles. The minimum Gasteiger partial charge on any atom is -0.493 e. The lowest BCUT2D eigenvalue weighted by Gasteiger charge is -2.41. The Morgan fingerprint density at radius 2 is 1.76 bits per heavy atom. The maximum atomic E-state index is 13.2. The van der Waals surface area contributed by atoms with E-state index in [0.717, 1.165) is 6.42 Å². The van der Waals surface area contributed by atoms with Crippen molar-refractivity contribution in [2.24, 2.45) is 0 Å². The maximum Gasteiger partial charge on any atom is 0.387 e. The maximum absolute atomic E-state index is 13.2. The Bertz CT molecular complexity index is 866. The van der Waals surface area contributed by atoms with Gasteiger partial charge < -0.3 is 24.4 Å². The van der Waals surface area contributed by atoms with E-state index in [2.05, 4.69) is 10.1 Å². The standard InChI is InChI=1S/C21H24F2N2O4/c1-5-12(2)25-19(24-15-9-7-6-8-14(15)20(25)26)13-10-16(27-3)18(29-21(22)23)17(11-13)28-4/h6-12,19,21,24H,5H2,1-4H3/t12-,19+/m1/s1. The molecular weight excluding hydrogens is 382 g/mol. The number of nitrogens with one attached hydrogen (secondary N) is 1. The molecule has 0 spiro atoms. The van der Waals surface area contributed by atoms with Gasteiger partial charge in [-0.3, -0.25) is 4.79 Å². The SMILES string of the molecule is CC[C@@H](C)N1C(=O)c2ccccc2N[C@@H]1c1cc(OC)c(OC(F)F)c(OC)c1. The number of para-hydroxylation sites is 1. The molecule has 0 fully saturated rings. The number of nitrogens with zero attached hydrogens (tertiary/aromatic N) is 1. The van der Waals surface area contributed by atoms with Gasteiger partial charge in [-0.05, 0) is 37.6 Å². The number of carbonyl (C=O) groups is 1. The van der Waals surface area contributed by atoms with Gasteiger partial charge in [-0.15, -0.1) is 0 Å². The molecule has 0 bridgehead atoms. The Kier molecular flexibility index (Phi) is 6.10. The largest absolute Gasteiger partial charge is 0.493 e. The van der Waals surface area contributed by atoms with Crippen molar-refractivity contribution < 1.29 is 27.8 Å². The van der Waals surface area contributed by atoms with E-state index in [0.29, 0.717) is 16.8 Å². The van der Waals surface area contributed by atoms with Crippen molar-refractivity contribution >= 4 is 11.6 Å². The summed E-state index contributed by atoms with van der Waals surface area (Å²) in [6, 6.07) is 10.4. The van der Waals surface area contributed by atoms with Crippen LogP contribution in [0.2, 0.25) is 0 Å². The zero-order valence-corrected chi connectivity index (χ0v) is 16.7. The molecule has 0 radical (unpaired) electrons. The van der Waals surface area contributed by atoms with Crippen LogP contribution in [0.25, 0.3) is 0 Å². The van der Waals surface area contributed by atoms with E-state index in [1.165, 1.54) is 14.2 Å². The van der Waals surface area contributed by atoms with Gasteiger partial charge >= 0.3 is 6.61 Å². The minimum absolute atomic E-state index is 0.0673. The van der Waals surface area contributed by atoms with Crippen LogP contribution in [-0.2, 0) is 0 Å². The molecule has 6 nitrogen and oxygen atoms in total. The third-order valence-electron chi connectivity index (χ3n) is 5.03. The normalized spacial score (nSPS) is 16.9. The monoisotopic (exact) mass is 406 g/mol. The lowest BCUT2D eigenvalue weighted by molar-refractivity contribution is -0.0526. The third-order valence-corrected chi connectivity index (χ3v) is 5.03. The van der Waals surface area contributed by atoms with Crippen LogP contribution >= 0.6 is 0 Å². The Balaban J connectivity index is 2.13. The van der Waals surface area contributed by atoms with Crippen molar-refractivity contribution in [3.05, 3.63) is 47.5 Å². The van der Waals surface area contributed by atoms with Crippen molar-refractivity contribution in [3.63, 3.8) is 0 Å². The van der Waals surface area contributed by atoms with E-state index in [1.807, 2.05) is 32.0 Å². The molecule has 0 saturated carbocycles. The van der Waals surface area contributed by atoms with E-state index in [-0.39, 0.29) is 29.2 Å². The summed E-state index contributed by atoms with van der Waals surface area (Å²) < 4.78 is 40.8. The van der Waals surface area contributed by atoms with Crippen LogP contribution in [0, 0.1) is 0 Å². The summed E-state index contributed by atoms with van der Waals surface area (Å²) >= 11 is 0. The fourth-order valence-corrected chi connectivity index (χ4v) is 3.43. The van der Waals surface area contributed by atoms with Crippen molar-refractivity contribution in [1.29, 1.82) is 0 Å². The zero-order valence-electron chi connectivity index (χ0n) is 16.7. The molecular formula is C21H24F2N2O4. The highest BCUT2D eigenvalue weighted by atomic mass is 19.3. The molecule has 1 aliphatic heterocycles. The summed E-state index contributed by atoms with van der Waals surface area (Å²) in [5.74, 6) is -0.107. The molecule has 1 amide bonds. The van der Waals surface area contributed by atoms with E-state index in [1.54, 1.807) is 23.1 Å². The smallest absolute Gasteiger partial charge is 0.387 e. The Hall–Kier alpha value is -3.03. The van der Waals surface area contributed by atoms with Crippen LogP contribution in [0.5, 0.6) is 17.2 Å². The number of rotatable bonds is 7. The number of anilines is 1. The van der Waals surface area contributed by atoms with E-state index in [9.17, 15) is 13.6 Å². The predicted octanol–water partition coefficient (Wildman–Crippen LogP) is 4.67. The Morgan fingerprint density at radius 3 is 2.31 bits per heavy atom. The summed E-state index contributed by atoms with van der Waals surface area (Å²) in [6.07, 6.45) is 0.211. The zero-order chi connectivity index (χ0) is 21.1. The summed E-state index contributed by atoms with van der Waals surface area (Å²) in [4.78, 5) is 15.0. The van der Waals surface area contributed by atoms with Gasteiger partial charge in [0.2, 0.25) is 5.75 Å². The molecule has 8 heteroatoms. The van der Waals surface area contributed by atoms with Gasteiger partial charge in [0.05, 0.1) is 19.8 Å². The fourth-order valence-electron chi connectivity index (χ4n) is 3.43. The first-order valence-electron chi connectivity index (χ1n) is 9.30. The second-order valence-corrected chi connectivity index (χ2v) is 6.70. The number of methoxy groups -OCH3 is 2. The number of fused-ring (bicyclic) bond motifs is 1. The lowest BCUT2D eigenvalue weighted by atomic mass is 10.00. The summed E-state index contributed by atoms with van der Waals surface area (Å²) in [5.41, 5.74) is 1.91. The molecule has 2 aromatic rings. The van der Waals surface area contributed by atoms with Gasteiger partial charge in [0.1, 0.15) is 6.17 Å². The molecule has 1 N–H and O–H groups in total. The first kappa shape index (κ1) is 20.7. The Morgan fingerprint density at radius 1 is 1.14 bits per heavy atom. The van der Waals surface area contributed by atoms with Gasteiger partial charge in [-0.25, -0.2) is 0 Å². The molecule has 2 aromatic carbocycles. The van der Waals surface area contributed by atoms with Crippen LogP contribution in [0.3, 0.4) is 0 Å². The number of carbonyl (C=O) groups excluding carboxylic acids is 1. The average Bonchev–Trinajstić information content (AvgIpc) is 2.72. The lowest BCUT2D eigenvalue weighted by Crippen LogP contribution is -2.47. The number of alkyl halides is 2. The first-order valence-corrected chi connectivity index (χ1v) is 9.30. The van der Waals surface area contributed by atoms with Crippen molar-refractivity contribution in [2.75, 3.05) is 19.5 Å². The first-order chi connectivity index (χ1) is 13.9. The molecule has 3 rings (SSSR count). The molecule has 156 valence electrons. The van der Waals surface area contributed by atoms with Crippen LogP contribution in [-0.4, -0.2) is 37.7 Å². The van der Waals surface area contributed by atoms with Crippen molar-refractivity contribution in [1.82, 2.24) is 4.90 Å². The summed E-state index contributed by atoms with van der Waals surface area (Å²) in [6.45, 7) is 0.931. The van der Waals surface area contributed by atoms with Gasteiger partial charge in [0.25, 0.3) is 5.91 Å². The predicted molar refractivity (Wildman–Crippen MR) is 105 cm³/mol. The Labute approximate surface area is 168 Å². The third kappa shape index (κ3) is 3.92. The topological polar surface area (TPSA) is 60.0 Å². The van der Waals surface area contributed by atoms with E-state index in [4.69, 9.17) is 9.47 Å². The van der Waals surface area contributed by atoms with Crippen LogP contribution in [0.4, 0.5) is 14.5 Å². The molecule has 0 aromatic heterocycles. The van der Waals surface area contributed by atoms with Crippen molar-refractivity contribution in [3.8, 4) is 17.2 Å². The highest BCUT2D eigenvalue weighted by Gasteiger charge is 2.36. The molecule has 0 aliphatic carbocycles. The summed E-state index contributed by atoms with van der Waals surface area (Å²) in [5, 5.41) is 3.38. The highest BCUT2D eigenvalue weighted by molar-refractivity contribution is 6.01. The highest BCUT2D eigenvalue weighted by Crippen LogP contribution is 2.43. The van der Waals surface area contributed by atoms with Gasteiger partial charge in [0, 0.05) is 17.3 Å². The van der Waals surface area contributed by atoms with Crippen LogP contribution in [0.15, 0.2) is 36.4 Å². The van der Waals surface area contributed by atoms with E-state index < -0.39 is 12.8 Å². The number of halogens is 2. The van der Waals surface area contributed by atoms with Crippen LogP contribution in [0.1, 0.15) is 42.4 Å². The second kappa shape index (κ2) is 8.55. The van der Waals surface area contributed by atoms with Gasteiger partial charge in [-0.1, -0.05) is 19.1 Å². The number of hydrogen-bond acceptors (Lipinski definition) is 5.